The van der Waals surface area contributed by atoms with Crippen molar-refractivity contribution in [2.24, 2.45) is 0 Å². The zero-order valence-corrected chi connectivity index (χ0v) is 16.6. The average molecular weight is 409 g/mol. The van der Waals surface area contributed by atoms with Crippen LogP contribution in [0.15, 0.2) is 65.1 Å². The van der Waals surface area contributed by atoms with Gasteiger partial charge < -0.3 is 14.8 Å². The van der Waals surface area contributed by atoms with E-state index in [1.165, 1.54) is 16.3 Å². The standard InChI is InChI=1S/C21H19N3O4S/c1-3-10-24-20(26)15-6-4-5-7-16(15)23-21(24)29-13(2)19(25)22-14-8-9-17-18(11-14)28-12-27-17/h3-9,11,13H,1,10,12H2,2H3,(H,22,25)/t13-/m1/s1. The Bertz CT molecular complexity index is 1160. The van der Waals surface area contributed by atoms with Crippen LogP contribution in [0.1, 0.15) is 6.92 Å². The van der Waals surface area contributed by atoms with E-state index in [2.05, 4.69) is 16.9 Å². The highest BCUT2D eigenvalue weighted by atomic mass is 32.2. The van der Waals surface area contributed by atoms with Gasteiger partial charge in [-0.2, -0.15) is 0 Å². The van der Waals surface area contributed by atoms with Crippen molar-refractivity contribution < 1.29 is 14.3 Å². The number of allylic oxidation sites excluding steroid dienone is 1. The molecule has 1 atom stereocenters. The molecule has 1 aromatic heterocycles. The average Bonchev–Trinajstić information content (AvgIpc) is 3.18. The van der Waals surface area contributed by atoms with Gasteiger partial charge in [-0.3, -0.25) is 14.2 Å². The van der Waals surface area contributed by atoms with E-state index in [9.17, 15) is 9.59 Å². The van der Waals surface area contributed by atoms with Crippen LogP contribution in [0, 0.1) is 0 Å². The highest BCUT2D eigenvalue weighted by Crippen LogP contribution is 2.34. The normalized spacial score (nSPS) is 13.3. The molecular weight excluding hydrogens is 390 g/mol. The molecule has 3 aromatic rings. The number of ether oxygens (including phenoxy) is 2. The predicted octanol–water partition coefficient (Wildman–Crippen LogP) is 3.43. The molecule has 2 aromatic carbocycles. The Kier molecular flexibility index (Phi) is 5.26. The van der Waals surface area contributed by atoms with Crippen LogP contribution in [0.4, 0.5) is 5.69 Å². The third-order valence-corrected chi connectivity index (χ3v) is 5.52. The molecule has 0 radical (unpaired) electrons. The molecule has 0 aliphatic carbocycles. The third kappa shape index (κ3) is 3.84. The number of anilines is 1. The van der Waals surface area contributed by atoms with Gasteiger partial charge in [-0.05, 0) is 31.2 Å². The van der Waals surface area contributed by atoms with Crippen LogP contribution in [0.2, 0.25) is 0 Å². The van der Waals surface area contributed by atoms with Crippen molar-refractivity contribution in [1.29, 1.82) is 0 Å². The van der Waals surface area contributed by atoms with Gasteiger partial charge in [0.1, 0.15) is 0 Å². The minimum absolute atomic E-state index is 0.152. The maximum Gasteiger partial charge on any atom is 0.262 e. The summed E-state index contributed by atoms with van der Waals surface area (Å²) in [6.07, 6.45) is 1.64. The monoisotopic (exact) mass is 409 g/mol. The van der Waals surface area contributed by atoms with Gasteiger partial charge in [0.2, 0.25) is 12.7 Å². The number of para-hydroxylation sites is 1. The first-order valence-electron chi connectivity index (χ1n) is 9.04. The summed E-state index contributed by atoms with van der Waals surface area (Å²) in [6, 6.07) is 12.4. The van der Waals surface area contributed by atoms with Crippen molar-refractivity contribution in [3.63, 3.8) is 0 Å². The number of nitrogens with one attached hydrogen (secondary N) is 1. The van der Waals surface area contributed by atoms with Crippen LogP contribution in [0.5, 0.6) is 11.5 Å². The molecule has 1 aliphatic heterocycles. The molecule has 0 saturated heterocycles. The fraction of sp³-hybridized carbons (Fsp3) is 0.190. The van der Waals surface area contributed by atoms with Crippen LogP contribution >= 0.6 is 11.8 Å². The second-order valence-electron chi connectivity index (χ2n) is 6.43. The zero-order valence-electron chi connectivity index (χ0n) is 15.8. The van der Waals surface area contributed by atoms with Gasteiger partial charge in [0, 0.05) is 18.3 Å². The molecule has 1 amide bonds. The van der Waals surface area contributed by atoms with Gasteiger partial charge in [-0.1, -0.05) is 30.0 Å². The second-order valence-corrected chi connectivity index (χ2v) is 7.74. The summed E-state index contributed by atoms with van der Waals surface area (Å²) in [6.45, 7) is 5.98. The van der Waals surface area contributed by atoms with Crippen LogP contribution in [0.25, 0.3) is 10.9 Å². The molecule has 29 heavy (non-hydrogen) atoms. The Labute approximate surface area is 171 Å². The molecule has 7 nitrogen and oxygen atoms in total. The Morgan fingerprint density at radius 2 is 2.10 bits per heavy atom. The maximum atomic E-state index is 12.8. The van der Waals surface area contributed by atoms with Gasteiger partial charge >= 0.3 is 0 Å². The fourth-order valence-corrected chi connectivity index (χ4v) is 3.88. The van der Waals surface area contributed by atoms with Gasteiger partial charge in [-0.15, -0.1) is 6.58 Å². The van der Waals surface area contributed by atoms with Crippen molar-refractivity contribution in [2.45, 2.75) is 23.9 Å². The number of carbonyl (C=O) groups is 1. The summed E-state index contributed by atoms with van der Waals surface area (Å²) < 4.78 is 12.1. The lowest BCUT2D eigenvalue weighted by atomic mass is 10.2. The third-order valence-electron chi connectivity index (χ3n) is 4.43. The number of carbonyl (C=O) groups excluding carboxylic acids is 1. The van der Waals surface area contributed by atoms with Crippen LogP contribution < -0.4 is 20.3 Å². The number of nitrogens with zero attached hydrogens (tertiary/aromatic N) is 2. The number of aromatic nitrogens is 2. The molecule has 0 spiro atoms. The molecule has 0 saturated carbocycles. The largest absolute Gasteiger partial charge is 0.454 e. The Morgan fingerprint density at radius 1 is 1.31 bits per heavy atom. The molecular formula is C21H19N3O4S. The summed E-state index contributed by atoms with van der Waals surface area (Å²) in [7, 11) is 0. The second kappa shape index (κ2) is 8.00. The first-order chi connectivity index (χ1) is 14.1. The van der Waals surface area contributed by atoms with Gasteiger partial charge in [0.15, 0.2) is 16.7 Å². The van der Waals surface area contributed by atoms with E-state index in [1.807, 2.05) is 6.07 Å². The number of rotatable bonds is 6. The molecule has 0 unspecified atom stereocenters. The van der Waals surface area contributed by atoms with E-state index in [4.69, 9.17) is 9.47 Å². The summed E-state index contributed by atoms with van der Waals surface area (Å²) >= 11 is 1.23. The minimum Gasteiger partial charge on any atom is -0.454 e. The van der Waals surface area contributed by atoms with Crippen molar-refractivity contribution >= 4 is 34.3 Å². The minimum atomic E-state index is -0.482. The molecule has 8 heteroatoms. The quantitative estimate of drug-likeness (QED) is 0.382. The Morgan fingerprint density at radius 3 is 2.93 bits per heavy atom. The van der Waals surface area contributed by atoms with E-state index in [1.54, 1.807) is 49.4 Å². The summed E-state index contributed by atoms with van der Waals surface area (Å²) in [4.78, 5) is 30.1. The SMILES string of the molecule is C=CCn1c(S[C@H](C)C(=O)Nc2ccc3c(c2)OCO3)nc2ccccc2c1=O. The van der Waals surface area contributed by atoms with Gasteiger partial charge in [-0.25, -0.2) is 4.98 Å². The van der Waals surface area contributed by atoms with E-state index in [0.29, 0.717) is 39.8 Å². The molecule has 2 heterocycles. The first kappa shape index (κ1) is 19.1. The smallest absolute Gasteiger partial charge is 0.262 e. The lowest BCUT2D eigenvalue weighted by Crippen LogP contribution is -2.26. The number of benzene rings is 2. The van der Waals surface area contributed by atoms with Gasteiger partial charge in [0.05, 0.1) is 16.2 Å². The maximum absolute atomic E-state index is 12.8. The van der Waals surface area contributed by atoms with Crippen LogP contribution in [-0.4, -0.2) is 27.5 Å². The lowest BCUT2D eigenvalue weighted by molar-refractivity contribution is -0.115. The molecule has 0 bridgehead atoms. The Hall–Kier alpha value is -3.26. The van der Waals surface area contributed by atoms with Crippen molar-refractivity contribution in [3.8, 4) is 11.5 Å². The topological polar surface area (TPSA) is 82.5 Å². The van der Waals surface area contributed by atoms with E-state index in [0.717, 1.165) is 0 Å². The molecule has 1 N–H and O–H groups in total. The van der Waals surface area contributed by atoms with Crippen LogP contribution in [0.3, 0.4) is 0 Å². The summed E-state index contributed by atoms with van der Waals surface area (Å²) in [5, 5.41) is 3.39. The molecule has 0 fully saturated rings. The van der Waals surface area contributed by atoms with E-state index in [-0.39, 0.29) is 18.3 Å². The Balaban J connectivity index is 1.57. The van der Waals surface area contributed by atoms with Crippen molar-refractivity contribution in [3.05, 3.63) is 65.5 Å². The first-order valence-corrected chi connectivity index (χ1v) is 9.92. The molecule has 1 aliphatic rings. The van der Waals surface area contributed by atoms with E-state index < -0.39 is 5.25 Å². The number of fused-ring (bicyclic) bond motifs is 2. The van der Waals surface area contributed by atoms with Crippen LogP contribution in [-0.2, 0) is 11.3 Å². The highest BCUT2D eigenvalue weighted by molar-refractivity contribution is 8.00. The van der Waals surface area contributed by atoms with E-state index >= 15 is 0 Å². The zero-order chi connectivity index (χ0) is 20.4. The fourth-order valence-electron chi connectivity index (χ4n) is 2.96. The summed E-state index contributed by atoms with van der Waals surface area (Å²) in [5.74, 6) is 1.04. The molecule has 148 valence electrons. The number of hydrogen-bond acceptors (Lipinski definition) is 6. The number of amides is 1. The highest BCUT2D eigenvalue weighted by Gasteiger charge is 2.20. The van der Waals surface area contributed by atoms with Gasteiger partial charge in [0.25, 0.3) is 5.56 Å². The number of thioether (sulfide) groups is 1. The van der Waals surface area contributed by atoms with Crippen molar-refractivity contribution in [1.82, 2.24) is 9.55 Å². The molecule has 4 rings (SSSR count). The predicted molar refractivity (Wildman–Crippen MR) is 113 cm³/mol. The summed E-state index contributed by atoms with van der Waals surface area (Å²) in [5.41, 5.74) is 1.06. The lowest BCUT2D eigenvalue weighted by Gasteiger charge is -2.15. The number of hydrogen-bond donors (Lipinski definition) is 1. The van der Waals surface area contributed by atoms with Crippen molar-refractivity contribution in [2.75, 3.05) is 12.1 Å².